The molecule has 4 aliphatic rings. The minimum absolute atomic E-state index is 0.130. The van der Waals surface area contributed by atoms with E-state index >= 15 is 0 Å². The normalized spacial score (nSPS) is 20.5. The topological polar surface area (TPSA) is 119 Å². The van der Waals surface area contributed by atoms with Gasteiger partial charge in [0.25, 0.3) is 11.8 Å². The summed E-state index contributed by atoms with van der Waals surface area (Å²) in [7, 11) is -0.0640. The average molecular weight is 619 g/mol. The van der Waals surface area contributed by atoms with Crippen LogP contribution in [0.4, 0.5) is 11.4 Å². The van der Waals surface area contributed by atoms with Gasteiger partial charge in [0.2, 0.25) is 0 Å². The Labute approximate surface area is 256 Å². The molecule has 0 saturated carbocycles. The van der Waals surface area contributed by atoms with Crippen LogP contribution in [0.2, 0.25) is 0 Å². The van der Waals surface area contributed by atoms with Gasteiger partial charge in [-0.15, -0.1) is 0 Å². The number of amides is 2. The fraction of sp³-hybridized carbons (Fsp3) is 0.375. The second-order valence-corrected chi connectivity index (χ2v) is 14.7. The first-order valence-electron chi connectivity index (χ1n) is 14.4. The lowest BCUT2D eigenvalue weighted by Gasteiger charge is -2.22. The van der Waals surface area contributed by atoms with Gasteiger partial charge in [-0.2, -0.15) is 0 Å². The molecule has 4 heterocycles. The lowest BCUT2D eigenvalue weighted by atomic mass is 10.1. The average Bonchev–Trinajstić information content (AvgIpc) is 3.53. The summed E-state index contributed by atoms with van der Waals surface area (Å²) in [5, 5.41) is 0. The fourth-order valence-corrected chi connectivity index (χ4v) is 6.99. The van der Waals surface area contributed by atoms with Crippen LogP contribution in [-0.4, -0.2) is 92.3 Å². The van der Waals surface area contributed by atoms with Crippen LogP contribution in [0, 0.1) is 0 Å². The smallest absolute Gasteiger partial charge is 0.257 e. The highest BCUT2D eigenvalue weighted by molar-refractivity contribution is 7.63. The van der Waals surface area contributed by atoms with Gasteiger partial charge in [-0.05, 0) is 25.0 Å². The highest BCUT2D eigenvalue weighted by atomic mass is 31.2. The molecule has 0 unspecified atom stereocenters. The molecule has 0 spiro atoms. The number of nitrogens with zero attached hydrogens (tertiary/aromatic N) is 4. The highest BCUT2D eigenvalue weighted by Gasteiger charge is 2.36. The molecule has 0 N–H and O–H groups in total. The van der Waals surface area contributed by atoms with E-state index < -0.39 is 7.14 Å². The minimum atomic E-state index is -3.04. The first kappa shape index (κ1) is 29.7. The summed E-state index contributed by atoms with van der Waals surface area (Å²) in [6, 6.07) is 6.24. The molecular formula is C32H35N4O7P. The molecule has 2 amide bonds. The van der Waals surface area contributed by atoms with E-state index in [0.29, 0.717) is 77.6 Å². The molecule has 2 aromatic carbocycles. The number of ether oxygens (including phenoxy) is 4. The largest absolute Gasteiger partial charge is 0.493 e. The van der Waals surface area contributed by atoms with Gasteiger partial charge in [-0.3, -0.25) is 19.6 Å². The Morgan fingerprint density at radius 3 is 1.59 bits per heavy atom. The second kappa shape index (κ2) is 11.6. The van der Waals surface area contributed by atoms with Crippen LogP contribution >= 0.6 is 7.14 Å². The van der Waals surface area contributed by atoms with Crippen molar-refractivity contribution in [2.45, 2.75) is 31.8 Å². The molecular weight excluding hydrogens is 583 g/mol. The van der Waals surface area contributed by atoms with Crippen molar-refractivity contribution in [3.63, 3.8) is 0 Å². The van der Waals surface area contributed by atoms with E-state index in [-0.39, 0.29) is 36.6 Å². The van der Waals surface area contributed by atoms with E-state index in [1.165, 1.54) is 14.2 Å². The number of rotatable bonds is 9. The SMILES string of the molecule is C=C1C[C@H]2C=Nc3cc(OCP(=O)(CC)COc4cc5c(cc4OC)C(=O)N4CC(=C)C[C@H]4C=N5)c(OC)cc3C(=O)N2C1. The molecule has 2 aromatic rings. The van der Waals surface area contributed by atoms with Crippen molar-refractivity contribution in [2.24, 2.45) is 9.98 Å². The summed E-state index contributed by atoms with van der Waals surface area (Å²) in [4.78, 5) is 39.2. The monoisotopic (exact) mass is 618 g/mol. The van der Waals surface area contributed by atoms with Crippen molar-refractivity contribution < 1.29 is 33.1 Å². The number of methoxy groups -OCH3 is 2. The molecule has 2 atom stereocenters. The Bertz CT molecular complexity index is 1570. The summed E-state index contributed by atoms with van der Waals surface area (Å²) in [5.74, 6) is 1.04. The summed E-state index contributed by atoms with van der Waals surface area (Å²) in [6.45, 7) is 10.8. The van der Waals surface area contributed by atoms with Crippen LogP contribution in [0.15, 0.2) is 58.6 Å². The number of carbonyl (C=O) groups excluding carboxylic acids is 2. The summed E-state index contributed by atoms with van der Waals surface area (Å²) in [6.07, 6.45) is 4.92. The van der Waals surface area contributed by atoms with Crippen molar-refractivity contribution in [1.29, 1.82) is 0 Å². The van der Waals surface area contributed by atoms with Crippen LogP contribution in [0.5, 0.6) is 23.0 Å². The van der Waals surface area contributed by atoms with Crippen molar-refractivity contribution in [3.8, 4) is 23.0 Å². The lowest BCUT2D eigenvalue weighted by molar-refractivity contribution is 0.0770. The number of hydrogen-bond donors (Lipinski definition) is 0. The van der Waals surface area contributed by atoms with E-state index in [4.69, 9.17) is 18.9 Å². The third-order valence-electron chi connectivity index (χ3n) is 8.39. The van der Waals surface area contributed by atoms with Crippen LogP contribution in [0.1, 0.15) is 40.5 Å². The van der Waals surface area contributed by atoms with Crippen molar-refractivity contribution in [1.82, 2.24) is 9.80 Å². The number of aliphatic imine (C=N–C) groups is 2. The zero-order chi connectivity index (χ0) is 31.2. The maximum absolute atomic E-state index is 13.9. The van der Waals surface area contributed by atoms with Crippen molar-refractivity contribution >= 4 is 42.8 Å². The summed E-state index contributed by atoms with van der Waals surface area (Å²) < 4.78 is 37.1. The van der Waals surface area contributed by atoms with E-state index in [2.05, 4.69) is 23.1 Å². The molecule has 6 rings (SSSR count). The third-order valence-corrected chi connectivity index (χ3v) is 10.7. The molecule has 0 aliphatic carbocycles. The molecule has 4 aliphatic heterocycles. The van der Waals surface area contributed by atoms with Crippen LogP contribution < -0.4 is 18.9 Å². The van der Waals surface area contributed by atoms with Gasteiger partial charge in [0.05, 0.1) is 48.8 Å². The molecule has 0 bridgehead atoms. The van der Waals surface area contributed by atoms with Gasteiger partial charge in [0, 0.05) is 43.8 Å². The molecule has 11 nitrogen and oxygen atoms in total. The minimum Gasteiger partial charge on any atom is -0.493 e. The molecule has 0 aromatic heterocycles. The van der Waals surface area contributed by atoms with E-state index in [9.17, 15) is 14.2 Å². The van der Waals surface area contributed by atoms with Gasteiger partial charge < -0.3 is 33.3 Å². The standard InChI is InChI=1S/C32H35N4O7P/c1-6-44(39,17-42-29-11-25-23(9-27(29)40-4)31(37)35-15-19(2)7-21(35)13-33-25)18-43-30-12-26-24(10-28(30)41-5)32(38)36-16-20(3)8-22(36)14-34-26/h9-14,21-22H,2-3,6-8,15-18H2,1,4-5H3/t21-,22-/m0/s1. The van der Waals surface area contributed by atoms with Gasteiger partial charge in [-0.25, -0.2) is 0 Å². The molecule has 44 heavy (non-hydrogen) atoms. The molecule has 0 radical (unpaired) electrons. The first-order valence-corrected chi connectivity index (χ1v) is 16.7. The number of benzene rings is 2. The maximum atomic E-state index is 13.9. The van der Waals surface area contributed by atoms with E-state index in [1.807, 2.05) is 6.92 Å². The van der Waals surface area contributed by atoms with Crippen molar-refractivity contribution in [2.75, 3.05) is 46.2 Å². The Hall–Kier alpha value is -4.37. The number of carbonyl (C=O) groups is 2. The first-order chi connectivity index (χ1) is 21.1. The molecule has 230 valence electrons. The Balaban J connectivity index is 1.19. The van der Waals surface area contributed by atoms with Gasteiger partial charge in [0.15, 0.2) is 30.1 Å². The zero-order valence-electron chi connectivity index (χ0n) is 25.1. The number of fused-ring (bicyclic) bond motifs is 4. The Morgan fingerprint density at radius 2 is 1.20 bits per heavy atom. The molecule has 2 fully saturated rings. The Morgan fingerprint density at radius 1 is 0.773 bits per heavy atom. The summed E-state index contributed by atoms with van der Waals surface area (Å²) >= 11 is 0. The zero-order valence-corrected chi connectivity index (χ0v) is 26.0. The van der Waals surface area contributed by atoms with Crippen LogP contribution in [0.3, 0.4) is 0 Å². The quantitative estimate of drug-likeness (QED) is 0.272. The second-order valence-electron chi connectivity index (χ2n) is 11.4. The number of hydrogen-bond acceptors (Lipinski definition) is 9. The summed E-state index contributed by atoms with van der Waals surface area (Å²) in [5.41, 5.74) is 3.71. The maximum Gasteiger partial charge on any atom is 0.257 e. The third kappa shape index (κ3) is 5.41. The predicted molar refractivity (Wildman–Crippen MR) is 169 cm³/mol. The molecule has 2 saturated heterocycles. The van der Waals surface area contributed by atoms with Gasteiger partial charge >= 0.3 is 0 Å². The van der Waals surface area contributed by atoms with Crippen molar-refractivity contribution in [3.05, 3.63) is 59.7 Å². The van der Waals surface area contributed by atoms with E-state index in [1.54, 1.807) is 46.5 Å². The van der Waals surface area contributed by atoms with Crippen LogP contribution in [-0.2, 0) is 4.57 Å². The van der Waals surface area contributed by atoms with Gasteiger partial charge in [0.1, 0.15) is 12.7 Å². The highest BCUT2D eigenvalue weighted by Crippen LogP contribution is 2.48. The van der Waals surface area contributed by atoms with Gasteiger partial charge in [-0.1, -0.05) is 31.2 Å². The van der Waals surface area contributed by atoms with E-state index in [0.717, 1.165) is 11.1 Å². The Kier molecular flexibility index (Phi) is 7.84. The predicted octanol–water partition coefficient (Wildman–Crippen LogP) is 5.43. The van der Waals surface area contributed by atoms with Crippen LogP contribution in [0.25, 0.3) is 0 Å². The lowest BCUT2D eigenvalue weighted by Crippen LogP contribution is -2.35. The fourth-order valence-electron chi connectivity index (χ4n) is 5.80. The molecule has 12 heteroatoms.